The van der Waals surface area contributed by atoms with E-state index in [1.807, 2.05) is 24.3 Å². The highest BCUT2D eigenvalue weighted by molar-refractivity contribution is 7.93. The predicted molar refractivity (Wildman–Crippen MR) is 137 cm³/mol. The molecule has 0 unspecified atom stereocenters. The third kappa shape index (κ3) is 4.79. The number of benzene rings is 2. The number of methoxy groups -OCH3 is 1. The summed E-state index contributed by atoms with van der Waals surface area (Å²) in [7, 11) is -4.51. The van der Waals surface area contributed by atoms with Crippen molar-refractivity contribution in [2.45, 2.75) is 5.51 Å². The van der Waals surface area contributed by atoms with Crippen LogP contribution in [0.3, 0.4) is 0 Å². The summed E-state index contributed by atoms with van der Waals surface area (Å²) in [6.07, 6.45) is 1.37. The molecule has 1 aliphatic heterocycles. The summed E-state index contributed by atoms with van der Waals surface area (Å²) < 4.78 is 75.9. The van der Waals surface area contributed by atoms with E-state index in [1.54, 1.807) is 22.8 Å². The third-order valence-electron chi connectivity index (χ3n) is 6.09. The van der Waals surface area contributed by atoms with Crippen LogP contribution in [0.1, 0.15) is 0 Å². The summed E-state index contributed by atoms with van der Waals surface area (Å²) in [5, 5.41) is 0. The number of nitrogen functional groups attached to an aromatic ring is 1. The molecule has 0 saturated carbocycles. The van der Waals surface area contributed by atoms with E-state index >= 15 is 0 Å². The monoisotopic (exact) mass is 548 g/mol. The van der Waals surface area contributed by atoms with Crippen molar-refractivity contribution >= 4 is 38.4 Å². The molecule has 0 atom stereocenters. The van der Waals surface area contributed by atoms with Crippen LogP contribution in [0.4, 0.5) is 30.5 Å². The fraction of sp³-hybridized carbons (Fsp3) is 0.250. The molecule has 1 saturated heterocycles. The fourth-order valence-corrected chi connectivity index (χ4v) is 4.78. The summed E-state index contributed by atoms with van der Waals surface area (Å²) in [5.41, 5.74) is 4.25. The van der Waals surface area contributed by atoms with Crippen LogP contribution in [0.2, 0.25) is 0 Å². The molecule has 1 aliphatic rings. The Kier molecular flexibility index (Phi) is 6.53. The molecule has 3 heterocycles. The van der Waals surface area contributed by atoms with Gasteiger partial charge in [0.1, 0.15) is 5.69 Å². The summed E-state index contributed by atoms with van der Waals surface area (Å²) in [5.74, 6) is -0.0555. The molecule has 0 aliphatic carbocycles. The van der Waals surface area contributed by atoms with Gasteiger partial charge in [-0.15, -0.1) is 0 Å². The zero-order chi connectivity index (χ0) is 27.1. The Morgan fingerprint density at radius 3 is 2.37 bits per heavy atom. The van der Waals surface area contributed by atoms with Crippen LogP contribution in [-0.4, -0.2) is 61.9 Å². The Hall–Kier alpha value is -4.04. The Bertz CT molecular complexity index is 1580. The van der Waals surface area contributed by atoms with Gasteiger partial charge >= 0.3 is 15.5 Å². The molecule has 0 bridgehead atoms. The highest BCUT2D eigenvalue weighted by Gasteiger charge is 2.46. The normalized spacial score (nSPS) is 14.6. The van der Waals surface area contributed by atoms with E-state index < -0.39 is 21.2 Å². The molecule has 5 rings (SSSR count). The number of halogens is 3. The molecule has 2 aromatic carbocycles. The second-order valence-corrected chi connectivity index (χ2v) is 10.1. The maximum Gasteiger partial charge on any atom is 0.516 e. The van der Waals surface area contributed by atoms with Gasteiger partial charge < -0.3 is 20.1 Å². The maximum atomic E-state index is 12.9. The Morgan fingerprint density at radius 1 is 1.03 bits per heavy atom. The lowest BCUT2D eigenvalue weighted by Gasteiger charge is -2.29. The first-order chi connectivity index (χ1) is 18.1. The summed E-state index contributed by atoms with van der Waals surface area (Å²) in [4.78, 5) is 10.6. The Balaban J connectivity index is 1.52. The van der Waals surface area contributed by atoms with E-state index in [2.05, 4.69) is 14.9 Å². The average molecular weight is 549 g/mol. The number of aromatic nitrogens is 3. The molecule has 10 nitrogen and oxygen atoms in total. The van der Waals surface area contributed by atoms with Crippen molar-refractivity contribution in [3.63, 3.8) is 0 Å². The number of nitrogens with zero attached hydrogens (tertiary/aromatic N) is 4. The van der Waals surface area contributed by atoms with Gasteiger partial charge in [-0.2, -0.15) is 21.6 Å². The van der Waals surface area contributed by atoms with Gasteiger partial charge in [-0.25, -0.2) is 9.97 Å². The van der Waals surface area contributed by atoms with Gasteiger partial charge in [0, 0.05) is 36.2 Å². The van der Waals surface area contributed by atoms with Crippen molar-refractivity contribution in [2.75, 3.05) is 48.8 Å². The lowest BCUT2D eigenvalue weighted by Crippen LogP contribution is -2.36. The number of fused-ring (bicyclic) bond motifs is 1. The van der Waals surface area contributed by atoms with Gasteiger partial charge in [-0.1, -0.05) is 6.07 Å². The van der Waals surface area contributed by atoms with E-state index in [-0.39, 0.29) is 11.8 Å². The van der Waals surface area contributed by atoms with Crippen LogP contribution in [0.15, 0.2) is 54.7 Å². The number of imidazole rings is 1. The first kappa shape index (κ1) is 25.6. The quantitative estimate of drug-likeness (QED) is 0.373. The Labute approximate surface area is 215 Å². The van der Waals surface area contributed by atoms with Crippen molar-refractivity contribution in [1.82, 2.24) is 14.5 Å². The number of hydrogen-bond donors (Lipinski definition) is 2. The van der Waals surface area contributed by atoms with Crippen molar-refractivity contribution in [3.05, 3.63) is 54.7 Å². The second-order valence-electron chi connectivity index (χ2n) is 8.46. The molecule has 38 heavy (non-hydrogen) atoms. The van der Waals surface area contributed by atoms with E-state index in [1.165, 1.54) is 24.1 Å². The minimum atomic E-state index is -5.68. The highest BCUT2D eigenvalue weighted by Crippen LogP contribution is 2.34. The molecule has 3 N–H and O–H groups in total. The van der Waals surface area contributed by atoms with Gasteiger partial charge in [0.15, 0.2) is 0 Å². The smallest absolute Gasteiger partial charge is 0.480 e. The number of nitrogens with two attached hydrogens (primary N) is 1. The van der Waals surface area contributed by atoms with E-state index in [0.717, 1.165) is 24.5 Å². The largest absolute Gasteiger partial charge is 0.516 e. The lowest BCUT2D eigenvalue weighted by molar-refractivity contribution is -0.0429. The van der Waals surface area contributed by atoms with Crippen LogP contribution in [-0.2, 0) is 14.8 Å². The SMILES string of the molecule is COc1ncc(-c2ccc3nc(N)n(-c4ccc(N5CCOCC5)cc4)c3c2)cc1NS(=O)(=O)C(F)(F)F. The molecule has 200 valence electrons. The van der Waals surface area contributed by atoms with Crippen LogP contribution >= 0.6 is 0 Å². The number of sulfonamides is 1. The number of nitrogens with one attached hydrogen (secondary N) is 1. The van der Waals surface area contributed by atoms with Crippen LogP contribution < -0.4 is 20.1 Å². The van der Waals surface area contributed by atoms with Gasteiger partial charge in [0.05, 0.1) is 31.4 Å². The summed E-state index contributed by atoms with van der Waals surface area (Å²) in [6.45, 7) is 2.94. The first-order valence-electron chi connectivity index (χ1n) is 11.4. The van der Waals surface area contributed by atoms with Crippen molar-refractivity contribution in [2.24, 2.45) is 0 Å². The number of alkyl halides is 3. The molecule has 0 amide bonds. The molecule has 4 aromatic rings. The molecule has 0 spiro atoms. The fourth-order valence-electron chi connectivity index (χ4n) is 4.23. The zero-order valence-corrected chi connectivity index (χ0v) is 20.9. The van der Waals surface area contributed by atoms with Crippen molar-refractivity contribution in [3.8, 4) is 22.7 Å². The predicted octanol–water partition coefficient (Wildman–Crippen LogP) is 3.78. The number of rotatable bonds is 6. The first-order valence-corrected chi connectivity index (χ1v) is 12.9. The number of anilines is 3. The molecular formula is C24H23F3N6O4S. The second kappa shape index (κ2) is 9.68. The topological polar surface area (TPSA) is 125 Å². The molecular weight excluding hydrogens is 525 g/mol. The lowest BCUT2D eigenvalue weighted by atomic mass is 10.1. The van der Waals surface area contributed by atoms with Crippen LogP contribution in [0.25, 0.3) is 27.8 Å². The average Bonchev–Trinajstić information content (AvgIpc) is 3.23. The summed E-state index contributed by atoms with van der Waals surface area (Å²) >= 11 is 0. The van der Waals surface area contributed by atoms with Gasteiger partial charge in [0.2, 0.25) is 11.8 Å². The van der Waals surface area contributed by atoms with Gasteiger partial charge in [-0.05, 0) is 48.0 Å². The minimum Gasteiger partial charge on any atom is -0.480 e. The van der Waals surface area contributed by atoms with Crippen molar-refractivity contribution < 1.29 is 31.1 Å². The molecule has 14 heteroatoms. The number of pyridine rings is 1. The van der Waals surface area contributed by atoms with Crippen LogP contribution in [0.5, 0.6) is 5.88 Å². The molecule has 1 fully saturated rings. The van der Waals surface area contributed by atoms with Crippen molar-refractivity contribution in [1.29, 1.82) is 0 Å². The summed E-state index contributed by atoms with van der Waals surface area (Å²) in [6, 6.07) is 14.2. The van der Waals surface area contributed by atoms with Gasteiger partial charge in [0.25, 0.3) is 0 Å². The van der Waals surface area contributed by atoms with E-state index in [0.29, 0.717) is 35.4 Å². The molecule has 0 radical (unpaired) electrons. The zero-order valence-electron chi connectivity index (χ0n) is 20.1. The minimum absolute atomic E-state index is 0.253. The highest BCUT2D eigenvalue weighted by atomic mass is 32.2. The van der Waals surface area contributed by atoms with Crippen LogP contribution in [0, 0.1) is 0 Å². The maximum absolute atomic E-state index is 12.9. The van der Waals surface area contributed by atoms with E-state index in [4.69, 9.17) is 15.2 Å². The standard InChI is InChI=1S/C24H23F3N6O4S/c1-36-22-20(31-38(34,35)24(25,26)27)12-16(14-29-22)15-2-7-19-21(13-15)33(23(28)30-19)18-5-3-17(4-6-18)32-8-10-37-11-9-32/h2-7,12-14,31H,8-11H2,1H3,(H2,28,30). The third-order valence-corrected chi connectivity index (χ3v) is 7.19. The van der Waals surface area contributed by atoms with Gasteiger partial charge in [-0.3, -0.25) is 9.29 Å². The number of hydrogen-bond acceptors (Lipinski definition) is 8. The number of morpholine rings is 1. The van der Waals surface area contributed by atoms with E-state index in [9.17, 15) is 21.6 Å². The molecule has 2 aromatic heterocycles. The number of ether oxygens (including phenoxy) is 2. The Morgan fingerprint density at radius 2 is 1.71 bits per heavy atom.